The number of rotatable bonds is 17. The van der Waals surface area contributed by atoms with Crippen molar-refractivity contribution >= 4 is 46.2 Å². The van der Waals surface area contributed by atoms with Gasteiger partial charge in [-0.05, 0) is 0 Å². The van der Waals surface area contributed by atoms with Gasteiger partial charge >= 0.3 is 0 Å². The second kappa shape index (κ2) is 17.8. The Morgan fingerprint density at radius 3 is 1.47 bits per heavy atom. The smallest absolute Gasteiger partial charge is 0.243 e. The van der Waals surface area contributed by atoms with Crippen molar-refractivity contribution < 1.29 is 28.7 Å². The molecule has 0 bridgehead atoms. The van der Waals surface area contributed by atoms with E-state index in [1.54, 1.807) is 0 Å². The summed E-state index contributed by atoms with van der Waals surface area (Å²) in [6.07, 6.45) is 1.02. The minimum absolute atomic E-state index is 0.253. The minimum atomic E-state index is -0.681. The van der Waals surface area contributed by atoms with Gasteiger partial charge in [0, 0.05) is 63.9 Å². The molecule has 2 heterocycles. The van der Waals surface area contributed by atoms with E-state index in [9.17, 15) is 19.2 Å². The van der Waals surface area contributed by atoms with Gasteiger partial charge in [-0.15, -0.1) is 0 Å². The molecule has 0 aromatic carbocycles. The van der Waals surface area contributed by atoms with Crippen LogP contribution in [-0.2, 0) is 28.7 Å². The quantitative estimate of drug-likeness (QED) is 0.0923. The van der Waals surface area contributed by atoms with Crippen LogP contribution in [0.1, 0.15) is 0 Å². The highest BCUT2D eigenvalue weighted by molar-refractivity contribution is 8.76. The third kappa shape index (κ3) is 11.7. The number of ether oxygens (including phenoxy) is 2. The first kappa shape index (κ1) is 28.7. The lowest BCUT2D eigenvalue weighted by molar-refractivity contribution is -0.125. The van der Waals surface area contributed by atoms with Gasteiger partial charge in [-0.1, -0.05) is 21.6 Å². The van der Waals surface area contributed by atoms with Crippen LogP contribution in [0.5, 0.6) is 0 Å². The summed E-state index contributed by atoms with van der Waals surface area (Å²) in [5.41, 5.74) is 0. The summed E-state index contributed by atoms with van der Waals surface area (Å²) in [4.78, 5) is 51.1. The van der Waals surface area contributed by atoms with E-state index in [2.05, 4.69) is 31.1 Å². The Hall–Kier alpha value is -1.58. The summed E-state index contributed by atoms with van der Waals surface area (Å²) in [6.45, 7) is 8.59. The molecule has 4 N–H and O–H groups in total. The van der Waals surface area contributed by atoms with Crippen molar-refractivity contribution in [2.75, 3.05) is 90.3 Å². The highest BCUT2D eigenvalue weighted by atomic mass is 33.1. The van der Waals surface area contributed by atoms with Crippen molar-refractivity contribution in [2.24, 2.45) is 0 Å². The van der Waals surface area contributed by atoms with Gasteiger partial charge in [0.1, 0.15) is 12.1 Å². The Balaban J connectivity index is 1.64. The van der Waals surface area contributed by atoms with Gasteiger partial charge in [0.25, 0.3) is 0 Å². The van der Waals surface area contributed by atoms with E-state index in [0.29, 0.717) is 63.8 Å². The van der Waals surface area contributed by atoms with Crippen LogP contribution >= 0.6 is 21.6 Å². The molecule has 2 atom stereocenters. The third-order valence-corrected chi connectivity index (χ3v) is 7.81. The lowest BCUT2D eigenvalue weighted by Gasteiger charge is -2.27. The summed E-state index contributed by atoms with van der Waals surface area (Å²) in [7, 11) is 2.72. The zero-order valence-electron chi connectivity index (χ0n) is 19.4. The number of hydrogen-bond acceptors (Lipinski definition) is 10. The van der Waals surface area contributed by atoms with E-state index in [4.69, 9.17) is 9.47 Å². The lowest BCUT2D eigenvalue weighted by atomic mass is 10.3. The maximum absolute atomic E-state index is 12.4. The van der Waals surface area contributed by atoms with Crippen LogP contribution in [0.15, 0.2) is 0 Å². The molecule has 0 radical (unpaired) electrons. The van der Waals surface area contributed by atoms with Crippen molar-refractivity contribution in [1.82, 2.24) is 31.1 Å². The molecule has 2 aliphatic heterocycles. The Kier molecular flexibility index (Phi) is 15.0. The number of hydrogen-bond donors (Lipinski definition) is 4. The summed E-state index contributed by atoms with van der Waals surface area (Å²) in [5, 5.41) is 10.8. The molecule has 2 fully saturated rings. The van der Waals surface area contributed by atoms with Crippen molar-refractivity contribution in [2.45, 2.75) is 12.1 Å². The summed E-state index contributed by atoms with van der Waals surface area (Å²) in [6, 6.07) is -1.36. The number of carbonyl (C=O) groups is 4. The molecule has 0 aromatic rings. The minimum Gasteiger partial charge on any atom is -0.379 e. The van der Waals surface area contributed by atoms with Crippen LogP contribution in [0.25, 0.3) is 0 Å². The van der Waals surface area contributed by atoms with Crippen LogP contribution in [-0.4, -0.2) is 137 Å². The second-order valence-corrected chi connectivity index (χ2v) is 10.3. The second-order valence-electron chi connectivity index (χ2n) is 7.73. The van der Waals surface area contributed by atoms with Crippen LogP contribution in [0.2, 0.25) is 0 Å². The average Bonchev–Trinajstić information content (AvgIpc) is 2.86. The number of nitrogens with one attached hydrogen (secondary N) is 4. The Morgan fingerprint density at radius 1 is 0.735 bits per heavy atom. The molecular weight excluding hydrogens is 484 g/mol. The van der Waals surface area contributed by atoms with Crippen LogP contribution in [0.3, 0.4) is 0 Å². The van der Waals surface area contributed by atoms with Crippen LogP contribution < -0.4 is 21.3 Å². The molecular formula is C20H36N6O6S2. The number of morpholine rings is 2. The fourth-order valence-electron chi connectivity index (χ4n) is 3.37. The zero-order chi connectivity index (χ0) is 24.4. The number of amides is 4. The molecule has 2 rings (SSSR count). The third-order valence-electron chi connectivity index (χ3n) is 5.39. The Morgan fingerprint density at radius 2 is 1.12 bits per heavy atom. The first-order valence-corrected chi connectivity index (χ1v) is 13.9. The largest absolute Gasteiger partial charge is 0.379 e. The maximum Gasteiger partial charge on any atom is 0.243 e. The molecule has 4 amide bonds. The highest BCUT2D eigenvalue weighted by Gasteiger charge is 2.21. The maximum atomic E-state index is 12.4. The fraction of sp³-hybridized carbons (Fsp3) is 0.800. The molecule has 2 saturated heterocycles. The first-order valence-electron chi connectivity index (χ1n) is 11.4. The predicted molar refractivity (Wildman–Crippen MR) is 131 cm³/mol. The highest BCUT2D eigenvalue weighted by Crippen LogP contribution is 2.23. The van der Waals surface area contributed by atoms with Gasteiger partial charge < -0.3 is 30.7 Å². The van der Waals surface area contributed by atoms with Gasteiger partial charge in [-0.2, -0.15) is 0 Å². The molecule has 0 aromatic heterocycles. The number of nitrogens with zero attached hydrogens (tertiary/aromatic N) is 2. The van der Waals surface area contributed by atoms with Crippen molar-refractivity contribution in [3.8, 4) is 0 Å². The normalized spacial score (nSPS) is 18.9. The molecule has 14 heteroatoms. The van der Waals surface area contributed by atoms with Crippen LogP contribution in [0, 0.1) is 0 Å². The van der Waals surface area contributed by atoms with Gasteiger partial charge in [-0.25, -0.2) is 0 Å². The summed E-state index contributed by atoms with van der Waals surface area (Å²) < 4.78 is 10.6. The lowest BCUT2D eigenvalue weighted by Crippen LogP contribution is -2.48. The molecule has 12 nitrogen and oxygen atoms in total. The van der Waals surface area contributed by atoms with E-state index in [0.717, 1.165) is 39.3 Å². The van der Waals surface area contributed by atoms with Crippen molar-refractivity contribution in [3.05, 3.63) is 0 Å². The fourth-order valence-corrected chi connectivity index (χ4v) is 5.72. The van der Waals surface area contributed by atoms with E-state index in [-0.39, 0.29) is 11.8 Å². The van der Waals surface area contributed by atoms with Gasteiger partial charge in [0.05, 0.1) is 26.4 Å². The Bertz CT molecular complexity index is 570. The molecule has 2 aliphatic rings. The number of carbonyl (C=O) groups excluding carboxylic acids is 4. The molecule has 194 valence electrons. The zero-order valence-corrected chi connectivity index (χ0v) is 21.0. The van der Waals surface area contributed by atoms with E-state index in [1.807, 2.05) is 0 Å². The topological polar surface area (TPSA) is 141 Å². The van der Waals surface area contributed by atoms with Gasteiger partial charge in [-0.3, -0.25) is 29.0 Å². The summed E-state index contributed by atoms with van der Waals surface area (Å²) in [5.74, 6) is 0.159. The molecule has 2 unspecified atom stereocenters. The molecule has 0 spiro atoms. The van der Waals surface area contributed by atoms with Gasteiger partial charge in [0.15, 0.2) is 0 Å². The molecule has 34 heavy (non-hydrogen) atoms. The average molecular weight is 521 g/mol. The predicted octanol–water partition coefficient (Wildman–Crippen LogP) is -2.51. The van der Waals surface area contributed by atoms with Crippen molar-refractivity contribution in [1.29, 1.82) is 0 Å². The van der Waals surface area contributed by atoms with E-state index >= 15 is 0 Å². The van der Waals surface area contributed by atoms with Crippen LogP contribution in [0.4, 0.5) is 0 Å². The van der Waals surface area contributed by atoms with E-state index < -0.39 is 12.1 Å². The van der Waals surface area contributed by atoms with Crippen molar-refractivity contribution in [3.63, 3.8) is 0 Å². The standard InChI is InChI=1S/C20H36N6O6S2/c27-15-23-17(19(29)21-1-3-25-5-9-31-10-6-25)13-33-34-14-18(24-16-28)20(30)22-2-4-26-7-11-32-12-8-26/h15-18H,1-14H2,(H,21,29)(H,22,30)(H,23,27)(H,24,28). The molecule has 0 aliphatic carbocycles. The Labute approximate surface area is 208 Å². The van der Waals surface area contributed by atoms with E-state index in [1.165, 1.54) is 21.6 Å². The SMILES string of the molecule is O=CNC(CSSCC(NC=O)C(=O)NCCN1CCOCC1)C(=O)NCCN1CCOCC1. The molecule has 0 saturated carbocycles. The first-order chi connectivity index (χ1) is 16.6. The monoisotopic (exact) mass is 520 g/mol. The van der Waals surface area contributed by atoms with Gasteiger partial charge in [0.2, 0.25) is 24.6 Å². The summed E-state index contributed by atoms with van der Waals surface area (Å²) >= 11 is 0.